The first kappa shape index (κ1) is 18.2. The molecule has 3 heterocycles. The van der Waals surface area contributed by atoms with Crippen LogP contribution in [0.2, 0.25) is 0 Å². The smallest absolute Gasteiger partial charge is 0.241 e. The van der Waals surface area contributed by atoms with Gasteiger partial charge in [-0.15, -0.1) is 11.3 Å². The van der Waals surface area contributed by atoms with Crippen LogP contribution in [0, 0.1) is 11.6 Å². The summed E-state index contributed by atoms with van der Waals surface area (Å²) in [4.78, 5) is 9.90. The normalized spacial score (nSPS) is 17.3. The molecule has 1 aromatic carbocycles. The predicted octanol–water partition coefficient (Wildman–Crippen LogP) is 3.96. The highest BCUT2D eigenvalue weighted by Crippen LogP contribution is 2.25. The largest absolute Gasteiger partial charge is 0.338 e. The molecule has 8 heteroatoms. The minimum absolute atomic E-state index is 0.0958. The molecule has 0 amide bonds. The van der Waals surface area contributed by atoms with E-state index in [9.17, 15) is 8.78 Å². The molecule has 0 saturated carbocycles. The van der Waals surface area contributed by atoms with Gasteiger partial charge in [0.1, 0.15) is 11.6 Å². The zero-order chi connectivity index (χ0) is 18.8. The maximum absolute atomic E-state index is 14.0. The second kappa shape index (κ2) is 7.84. The molecule has 0 radical (unpaired) electrons. The van der Waals surface area contributed by atoms with Crippen LogP contribution in [0.5, 0.6) is 0 Å². The number of halogens is 2. The highest BCUT2D eigenvalue weighted by Gasteiger charge is 2.25. The predicted molar refractivity (Wildman–Crippen MR) is 99.2 cm³/mol. The van der Waals surface area contributed by atoms with Crippen molar-refractivity contribution in [3.05, 3.63) is 58.8 Å². The Morgan fingerprint density at radius 2 is 2.00 bits per heavy atom. The zero-order valence-electron chi connectivity index (χ0n) is 14.9. The Labute approximate surface area is 160 Å². The summed E-state index contributed by atoms with van der Waals surface area (Å²) in [6.07, 6.45) is 0. The number of piperazine rings is 1. The van der Waals surface area contributed by atoms with Crippen molar-refractivity contribution >= 4 is 11.3 Å². The van der Waals surface area contributed by atoms with Crippen molar-refractivity contribution in [1.82, 2.24) is 19.9 Å². The van der Waals surface area contributed by atoms with E-state index in [0.717, 1.165) is 37.1 Å². The molecular formula is C19H20F2N4OS. The van der Waals surface area contributed by atoms with Crippen LogP contribution in [-0.4, -0.2) is 46.1 Å². The molecule has 27 heavy (non-hydrogen) atoms. The molecule has 1 aliphatic heterocycles. The fourth-order valence-corrected chi connectivity index (χ4v) is 4.01. The monoisotopic (exact) mass is 390 g/mol. The molecular weight excluding hydrogens is 370 g/mol. The summed E-state index contributed by atoms with van der Waals surface area (Å²) in [7, 11) is 0. The molecule has 0 N–H and O–H groups in total. The highest BCUT2D eigenvalue weighted by molar-refractivity contribution is 7.13. The van der Waals surface area contributed by atoms with Gasteiger partial charge in [0.15, 0.2) is 0 Å². The van der Waals surface area contributed by atoms with Crippen LogP contribution >= 0.6 is 11.3 Å². The second-order valence-electron chi connectivity index (χ2n) is 6.64. The third-order valence-corrected chi connectivity index (χ3v) is 5.80. The molecule has 1 unspecified atom stereocenters. The lowest BCUT2D eigenvalue weighted by molar-refractivity contribution is 0.0893. The third-order valence-electron chi connectivity index (χ3n) is 4.94. The minimum atomic E-state index is -0.547. The van der Waals surface area contributed by atoms with E-state index in [-0.39, 0.29) is 6.04 Å². The number of rotatable bonds is 5. The number of aromatic nitrogens is 2. The van der Waals surface area contributed by atoms with Crippen molar-refractivity contribution in [2.75, 3.05) is 26.2 Å². The Kier molecular flexibility index (Phi) is 5.29. The molecule has 1 fully saturated rings. The van der Waals surface area contributed by atoms with Gasteiger partial charge >= 0.3 is 0 Å². The van der Waals surface area contributed by atoms with Gasteiger partial charge in [-0.05, 0) is 24.4 Å². The highest BCUT2D eigenvalue weighted by atomic mass is 32.1. The van der Waals surface area contributed by atoms with E-state index in [0.29, 0.717) is 23.8 Å². The molecule has 3 aromatic rings. The molecule has 0 bridgehead atoms. The SMILES string of the molecule is CC(c1ccc(F)cc1F)N1CCN(Cc2nc(-c3cccs3)no2)CC1. The lowest BCUT2D eigenvalue weighted by Crippen LogP contribution is -2.46. The van der Waals surface area contributed by atoms with Crippen LogP contribution in [-0.2, 0) is 6.54 Å². The molecule has 4 rings (SSSR count). The van der Waals surface area contributed by atoms with Crippen LogP contribution in [0.3, 0.4) is 0 Å². The second-order valence-corrected chi connectivity index (χ2v) is 7.59. The standard InChI is InChI=1S/C19H20F2N4OS/c1-13(15-5-4-14(20)11-16(15)21)25-8-6-24(7-9-25)12-18-22-19(23-26-18)17-3-2-10-27-17/h2-5,10-11,13H,6-9,12H2,1H3. The number of hydrogen-bond donors (Lipinski definition) is 0. The number of thiophene rings is 1. The van der Waals surface area contributed by atoms with Crippen LogP contribution in [0.1, 0.15) is 24.4 Å². The lowest BCUT2D eigenvalue weighted by Gasteiger charge is -2.37. The van der Waals surface area contributed by atoms with E-state index < -0.39 is 11.6 Å². The minimum Gasteiger partial charge on any atom is -0.338 e. The van der Waals surface area contributed by atoms with Crippen molar-refractivity contribution in [1.29, 1.82) is 0 Å². The summed E-state index contributed by atoms with van der Waals surface area (Å²) in [6.45, 7) is 5.80. The maximum atomic E-state index is 14.0. The fourth-order valence-electron chi connectivity index (χ4n) is 3.36. The van der Waals surface area contributed by atoms with E-state index in [1.165, 1.54) is 12.1 Å². The Morgan fingerprint density at radius 3 is 2.70 bits per heavy atom. The molecule has 0 spiro atoms. The molecule has 2 aromatic heterocycles. The molecule has 1 aliphatic rings. The number of benzene rings is 1. The van der Waals surface area contributed by atoms with E-state index in [1.54, 1.807) is 11.3 Å². The van der Waals surface area contributed by atoms with Gasteiger partial charge in [-0.3, -0.25) is 9.80 Å². The first-order chi connectivity index (χ1) is 13.1. The van der Waals surface area contributed by atoms with Gasteiger partial charge < -0.3 is 4.52 Å². The Bertz CT molecular complexity index is 891. The van der Waals surface area contributed by atoms with E-state index in [1.807, 2.05) is 24.4 Å². The summed E-state index contributed by atoms with van der Waals surface area (Å²) in [5, 5.41) is 6.02. The van der Waals surface area contributed by atoms with Crippen LogP contribution in [0.4, 0.5) is 8.78 Å². The van der Waals surface area contributed by atoms with E-state index in [4.69, 9.17) is 4.52 Å². The molecule has 0 aliphatic carbocycles. The lowest BCUT2D eigenvalue weighted by atomic mass is 10.1. The van der Waals surface area contributed by atoms with Crippen LogP contribution < -0.4 is 0 Å². The topological polar surface area (TPSA) is 45.4 Å². The molecule has 1 atom stereocenters. The van der Waals surface area contributed by atoms with Crippen molar-refractivity contribution in [2.24, 2.45) is 0 Å². The average Bonchev–Trinajstić information content (AvgIpc) is 3.33. The Hall–Kier alpha value is -2.16. The summed E-state index contributed by atoms with van der Waals surface area (Å²) in [6, 6.07) is 7.62. The van der Waals surface area contributed by atoms with Crippen molar-refractivity contribution in [2.45, 2.75) is 19.5 Å². The van der Waals surface area contributed by atoms with E-state index in [2.05, 4.69) is 19.9 Å². The summed E-state index contributed by atoms with van der Waals surface area (Å²) < 4.78 is 32.5. The quantitative estimate of drug-likeness (QED) is 0.660. The molecule has 1 saturated heterocycles. The molecule has 5 nitrogen and oxygen atoms in total. The van der Waals surface area contributed by atoms with Gasteiger partial charge in [-0.25, -0.2) is 8.78 Å². The van der Waals surface area contributed by atoms with Gasteiger partial charge in [0.25, 0.3) is 0 Å². The number of nitrogens with zero attached hydrogens (tertiary/aromatic N) is 4. The Morgan fingerprint density at radius 1 is 1.19 bits per heavy atom. The average molecular weight is 390 g/mol. The fraction of sp³-hybridized carbons (Fsp3) is 0.368. The van der Waals surface area contributed by atoms with Crippen LogP contribution in [0.15, 0.2) is 40.2 Å². The van der Waals surface area contributed by atoms with Crippen molar-refractivity contribution in [3.8, 4) is 10.7 Å². The van der Waals surface area contributed by atoms with Crippen LogP contribution in [0.25, 0.3) is 10.7 Å². The first-order valence-corrected chi connectivity index (χ1v) is 9.76. The summed E-state index contributed by atoms with van der Waals surface area (Å²) in [5.74, 6) is 0.190. The maximum Gasteiger partial charge on any atom is 0.241 e. The first-order valence-electron chi connectivity index (χ1n) is 8.88. The van der Waals surface area contributed by atoms with E-state index >= 15 is 0 Å². The van der Waals surface area contributed by atoms with Gasteiger partial charge in [-0.2, -0.15) is 4.98 Å². The zero-order valence-corrected chi connectivity index (χ0v) is 15.8. The summed E-state index contributed by atoms with van der Waals surface area (Å²) in [5.41, 5.74) is 0.530. The number of hydrogen-bond acceptors (Lipinski definition) is 6. The Balaban J connectivity index is 1.33. The van der Waals surface area contributed by atoms with Crippen molar-refractivity contribution in [3.63, 3.8) is 0 Å². The van der Waals surface area contributed by atoms with Gasteiger partial charge in [0.05, 0.1) is 11.4 Å². The van der Waals surface area contributed by atoms with Gasteiger partial charge in [-0.1, -0.05) is 17.3 Å². The molecule has 142 valence electrons. The van der Waals surface area contributed by atoms with Gasteiger partial charge in [0.2, 0.25) is 11.7 Å². The summed E-state index contributed by atoms with van der Waals surface area (Å²) >= 11 is 1.58. The third kappa shape index (κ3) is 4.07. The van der Waals surface area contributed by atoms with Gasteiger partial charge in [0, 0.05) is 43.9 Å². The van der Waals surface area contributed by atoms with Crippen molar-refractivity contribution < 1.29 is 13.3 Å².